The lowest BCUT2D eigenvalue weighted by atomic mass is 9.89. The predicted octanol–water partition coefficient (Wildman–Crippen LogP) is 3.36. The predicted molar refractivity (Wildman–Crippen MR) is 76.4 cm³/mol. The first-order chi connectivity index (χ1) is 8.70. The van der Waals surface area contributed by atoms with Crippen molar-refractivity contribution in [3.8, 4) is 5.75 Å². The molecule has 1 aromatic carbocycles. The molecule has 0 unspecified atom stereocenters. The number of nitrogens with one attached hydrogen (secondary N) is 1. The summed E-state index contributed by atoms with van der Waals surface area (Å²) < 4.78 is 5.44. The van der Waals surface area contributed by atoms with E-state index in [1.54, 1.807) is 7.11 Å². The number of ether oxygens (including phenoxy) is 1. The van der Waals surface area contributed by atoms with Gasteiger partial charge in [0.1, 0.15) is 5.75 Å². The number of piperidine rings is 1. The van der Waals surface area contributed by atoms with Gasteiger partial charge in [0.15, 0.2) is 0 Å². The van der Waals surface area contributed by atoms with Crippen molar-refractivity contribution in [3.05, 3.63) is 29.3 Å². The molecule has 0 bridgehead atoms. The van der Waals surface area contributed by atoms with Gasteiger partial charge in [0, 0.05) is 0 Å². The Bertz CT molecular complexity index is 381. The monoisotopic (exact) mass is 247 g/mol. The van der Waals surface area contributed by atoms with Crippen LogP contribution >= 0.6 is 0 Å². The van der Waals surface area contributed by atoms with Crippen LogP contribution in [0.25, 0.3) is 0 Å². The Morgan fingerprint density at radius 1 is 1.28 bits per heavy atom. The molecular formula is C16H25NO. The van der Waals surface area contributed by atoms with Gasteiger partial charge in [0.25, 0.3) is 0 Å². The number of methoxy groups -OCH3 is 1. The van der Waals surface area contributed by atoms with Crippen LogP contribution in [0.15, 0.2) is 18.2 Å². The summed E-state index contributed by atoms with van der Waals surface area (Å²) in [6.07, 6.45) is 3.83. The molecular weight excluding hydrogens is 222 g/mol. The van der Waals surface area contributed by atoms with Crippen LogP contribution in [0.1, 0.15) is 43.7 Å². The normalized spacial score (nSPS) is 17.1. The fourth-order valence-electron chi connectivity index (χ4n) is 2.78. The van der Waals surface area contributed by atoms with Gasteiger partial charge < -0.3 is 10.1 Å². The van der Waals surface area contributed by atoms with Gasteiger partial charge in [-0.1, -0.05) is 26.0 Å². The summed E-state index contributed by atoms with van der Waals surface area (Å²) in [4.78, 5) is 0. The quantitative estimate of drug-likeness (QED) is 0.881. The molecule has 1 fully saturated rings. The highest BCUT2D eigenvalue weighted by Crippen LogP contribution is 2.29. The van der Waals surface area contributed by atoms with E-state index >= 15 is 0 Å². The Kier molecular flexibility index (Phi) is 4.65. The van der Waals surface area contributed by atoms with E-state index in [4.69, 9.17) is 4.74 Å². The van der Waals surface area contributed by atoms with Crippen molar-refractivity contribution in [2.75, 3.05) is 20.2 Å². The van der Waals surface area contributed by atoms with Gasteiger partial charge in [-0.15, -0.1) is 0 Å². The van der Waals surface area contributed by atoms with Crippen LogP contribution in [0.4, 0.5) is 0 Å². The van der Waals surface area contributed by atoms with Gasteiger partial charge >= 0.3 is 0 Å². The molecule has 1 heterocycles. The molecule has 1 saturated heterocycles. The van der Waals surface area contributed by atoms with E-state index in [-0.39, 0.29) is 0 Å². The molecule has 0 atom stereocenters. The average Bonchev–Trinajstić information content (AvgIpc) is 2.40. The summed E-state index contributed by atoms with van der Waals surface area (Å²) in [5.41, 5.74) is 2.80. The molecule has 100 valence electrons. The third kappa shape index (κ3) is 3.26. The van der Waals surface area contributed by atoms with Gasteiger partial charge in [-0.3, -0.25) is 0 Å². The van der Waals surface area contributed by atoms with E-state index in [1.807, 2.05) is 0 Å². The first-order valence-corrected chi connectivity index (χ1v) is 7.08. The SMILES string of the molecule is COc1ccc(CC2CCNCC2)cc1C(C)C. The molecule has 1 aliphatic heterocycles. The molecule has 0 saturated carbocycles. The first kappa shape index (κ1) is 13.4. The second kappa shape index (κ2) is 6.24. The standard InChI is InChI=1S/C16H25NO/c1-12(2)15-11-14(4-5-16(15)18-3)10-13-6-8-17-9-7-13/h4-5,11-13,17H,6-10H2,1-3H3. The van der Waals surface area contributed by atoms with Crippen molar-refractivity contribution in [2.24, 2.45) is 5.92 Å². The van der Waals surface area contributed by atoms with Gasteiger partial charge in [0.05, 0.1) is 7.11 Å². The van der Waals surface area contributed by atoms with Crippen molar-refractivity contribution in [3.63, 3.8) is 0 Å². The fourth-order valence-corrected chi connectivity index (χ4v) is 2.78. The van der Waals surface area contributed by atoms with Crippen LogP contribution in [-0.4, -0.2) is 20.2 Å². The summed E-state index contributed by atoms with van der Waals surface area (Å²) >= 11 is 0. The number of hydrogen-bond donors (Lipinski definition) is 1. The second-order valence-corrected chi connectivity index (χ2v) is 5.63. The summed E-state index contributed by atoms with van der Waals surface area (Å²) in [6, 6.07) is 6.70. The summed E-state index contributed by atoms with van der Waals surface area (Å²) in [5.74, 6) is 2.40. The highest BCUT2D eigenvalue weighted by atomic mass is 16.5. The molecule has 1 aromatic rings. The average molecular weight is 247 g/mol. The number of benzene rings is 1. The minimum Gasteiger partial charge on any atom is -0.496 e. The van der Waals surface area contributed by atoms with Crippen LogP contribution in [0.5, 0.6) is 5.75 Å². The lowest BCUT2D eigenvalue weighted by Crippen LogP contribution is -2.28. The maximum atomic E-state index is 5.44. The topological polar surface area (TPSA) is 21.3 Å². The molecule has 1 N–H and O–H groups in total. The lowest BCUT2D eigenvalue weighted by molar-refractivity contribution is 0.372. The van der Waals surface area contributed by atoms with E-state index in [0.29, 0.717) is 5.92 Å². The molecule has 0 radical (unpaired) electrons. The molecule has 0 amide bonds. The fraction of sp³-hybridized carbons (Fsp3) is 0.625. The Hall–Kier alpha value is -1.02. The molecule has 2 heteroatoms. The third-order valence-corrected chi connectivity index (χ3v) is 3.90. The van der Waals surface area contributed by atoms with Gasteiger partial charge in [-0.2, -0.15) is 0 Å². The number of rotatable bonds is 4. The Balaban J connectivity index is 2.10. The number of hydrogen-bond acceptors (Lipinski definition) is 2. The minimum atomic E-state index is 0.521. The maximum Gasteiger partial charge on any atom is 0.122 e. The van der Waals surface area contributed by atoms with E-state index in [0.717, 1.165) is 11.7 Å². The van der Waals surface area contributed by atoms with Gasteiger partial charge in [0.2, 0.25) is 0 Å². The largest absolute Gasteiger partial charge is 0.496 e. The molecule has 0 aromatic heterocycles. The Morgan fingerprint density at radius 3 is 2.61 bits per heavy atom. The van der Waals surface area contributed by atoms with E-state index in [1.165, 1.54) is 43.5 Å². The Morgan fingerprint density at radius 2 is 2.00 bits per heavy atom. The van der Waals surface area contributed by atoms with E-state index < -0.39 is 0 Å². The highest BCUT2D eigenvalue weighted by molar-refractivity contribution is 5.39. The summed E-state index contributed by atoms with van der Waals surface area (Å²) in [5, 5.41) is 3.43. The van der Waals surface area contributed by atoms with Crippen molar-refractivity contribution in [1.82, 2.24) is 5.32 Å². The molecule has 0 spiro atoms. The Labute approximate surface area is 111 Å². The van der Waals surface area contributed by atoms with E-state index in [9.17, 15) is 0 Å². The second-order valence-electron chi connectivity index (χ2n) is 5.63. The van der Waals surface area contributed by atoms with Crippen molar-refractivity contribution in [2.45, 2.75) is 39.0 Å². The zero-order chi connectivity index (χ0) is 13.0. The molecule has 18 heavy (non-hydrogen) atoms. The first-order valence-electron chi connectivity index (χ1n) is 7.08. The highest BCUT2D eigenvalue weighted by Gasteiger charge is 2.15. The van der Waals surface area contributed by atoms with Crippen molar-refractivity contribution >= 4 is 0 Å². The maximum absolute atomic E-state index is 5.44. The van der Waals surface area contributed by atoms with Crippen molar-refractivity contribution < 1.29 is 4.74 Å². The molecule has 2 nitrogen and oxygen atoms in total. The van der Waals surface area contributed by atoms with Crippen LogP contribution in [0, 0.1) is 5.92 Å². The molecule has 1 aliphatic rings. The van der Waals surface area contributed by atoms with Crippen LogP contribution in [-0.2, 0) is 6.42 Å². The molecule has 0 aliphatic carbocycles. The van der Waals surface area contributed by atoms with Crippen LogP contribution in [0.3, 0.4) is 0 Å². The van der Waals surface area contributed by atoms with Gasteiger partial charge in [-0.05, 0) is 61.4 Å². The summed E-state index contributed by atoms with van der Waals surface area (Å²) in [7, 11) is 1.76. The lowest BCUT2D eigenvalue weighted by Gasteiger charge is -2.23. The third-order valence-electron chi connectivity index (χ3n) is 3.90. The van der Waals surface area contributed by atoms with Crippen LogP contribution < -0.4 is 10.1 Å². The van der Waals surface area contributed by atoms with Crippen LogP contribution in [0.2, 0.25) is 0 Å². The van der Waals surface area contributed by atoms with Crippen molar-refractivity contribution in [1.29, 1.82) is 0 Å². The molecule has 2 rings (SSSR count). The summed E-state index contributed by atoms with van der Waals surface area (Å²) in [6.45, 7) is 6.81. The van der Waals surface area contributed by atoms with Gasteiger partial charge in [-0.25, -0.2) is 0 Å². The minimum absolute atomic E-state index is 0.521. The smallest absolute Gasteiger partial charge is 0.122 e. The zero-order valence-electron chi connectivity index (χ0n) is 11.8. The van der Waals surface area contributed by atoms with E-state index in [2.05, 4.69) is 37.4 Å². The zero-order valence-corrected chi connectivity index (χ0v) is 11.8.